The van der Waals surface area contributed by atoms with Crippen LogP contribution in [0, 0.1) is 5.41 Å². The predicted molar refractivity (Wildman–Crippen MR) is 68.8 cm³/mol. The SMILES string of the molecule is CC(C)N(CCCCl)C(=O)C1(C)CCCC1. The zero-order valence-electron chi connectivity index (χ0n) is 10.8. The van der Waals surface area contributed by atoms with Gasteiger partial charge >= 0.3 is 0 Å². The van der Waals surface area contributed by atoms with Crippen LogP contribution in [0.3, 0.4) is 0 Å². The molecule has 16 heavy (non-hydrogen) atoms. The van der Waals surface area contributed by atoms with Crippen molar-refractivity contribution in [3.63, 3.8) is 0 Å². The van der Waals surface area contributed by atoms with Gasteiger partial charge in [-0.2, -0.15) is 0 Å². The van der Waals surface area contributed by atoms with E-state index in [9.17, 15) is 4.79 Å². The Kier molecular flexibility index (Phi) is 5.10. The molecule has 1 rings (SSSR count). The minimum Gasteiger partial charge on any atom is -0.340 e. The lowest BCUT2D eigenvalue weighted by atomic mass is 9.86. The highest BCUT2D eigenvalue weighted by Crippen LogP contribution is 2.39. The summed E-state index contributed by atoms with van der Waals surface area (Å²) in [6, 6.07) is 0.285. The number of hydrogen-bond acceptors (Lipinski definition) is 1. The van der Waals surface area contributed by atoms with Gasteiger partial charge in [0.25, 0.3) is 0 Å². The van der Waals surface area contributed by atoms with E-state index in [0.717, 1.165) is 25.8 Å². The van der Waals surface area contributed by atoms with Crippen molar-refractivity contribution in [2.45, 2.75) is 58.9 Å². The lowest BCUT2D eigenvalue weighted by molar-refractivity contribution is -0.142. The average Bonchev–Trinajstić information content (AvgIpc) is 2.66. The van der Waals surface area contributed by atoms with Gasteiger partial charge in [-0.1, -0.05) is 19.8 Å². The third kappa shape index (κ3) is 3.13. The van der Waals surface area contributed by atoms with Gasteiger partial charge in [-0.25, -0.2) is 0 Å². The molecule has 0 aromatic carbocycles. The molecule has 0 atom stereocenters. The third-order valence-corrected chi connectivity index (χ3v) is 3.91. The maximum absolute atomic E-state index is 12.5. The van der Waals surface area contributed by atoms with Crippen LogP contribution in [-0.2, 0) is 4.79 Å². The number of alkyl halides is 1. The number of carbonyl (C=O) groups excluding carboxylic acids is 1. The highest BCUT2D eigenvalue weighted by molar-refractivity contribution is 6.17. The molecule has 0 spiro atoms. The second-order valence-corrected chi connectivity index (χ2v) is 5.78. The second kappa shape index (κ2) is 5.90. The van der Waals surface area contributed by atoms with Crippen LogP contribution in [0.5, 0.6) is 0 Å². The Balaban J connectivity index is 2.66. The molecule has 3 heteroatoms. The molecule has 94 valence electrons. The Morgan fingerprint density at radius 3 is 2.38 bits per heavy atom. The van der Waals surface area contributed by atoms with E-state index in [4.69, 9.17) is 11.6 Å². The summed E-state index contributed by atoms with van der Waals surface area (Å²) in [5, 5.41) is 0. The van der Waals surface area contributed by atoms with Gasteiger partial charge in [0.05, 0.1) is 0 Å². The van der Waals surface area contributed by atoms with Crippen LogP contribution in [0.15, 0.2) is 0 Å². The topological polar surface area (TPSA) is 20.3 Å². The van der Waals surface area contributed by atoms with Crippen molar-refractivity contribution < 1.29 is 4.79 Å². The zero-order valence-corrected chi connectivity index (χ0v) is 11.5. The van der Waals surface area contributed by atoms with Gasteiger partial charge in [0.15, 0.2) is 0 Å². The van der Waals surface area contributed by atoms with E-state index < -0.39 is 0 Å². The molecule has 2 nitrogen and oxygen atoms in total. The van der Waals surface area contributed by atoms with E-state index in [0.29, 0.717) is 11.8 Å². The zero-order chi connectivity index (χ0) is 12.2. The lowest BCUT2D eigenvalue weighted by Gasteiger charge is -2.34. The second-order valence-electron chi connectivity index (χ2n) is 5.40. The van der Waals surface area contributed by atoms with E-state index in [2.05, 4.69) is 20.8 Å². The first-order chi connectivity index (χ1) is 7.51. The van der Waals surface area contributed by atoms with E-state index in [1.165, 1.54) is 12.8 Å². The van der Waals surface area contributed by atoms with Gasteiger partial charge in [0, 0.05) is 23.9 Å². The van der Waals surface area contributed by atoms with Gasteiger partial charge in [-0.3, -0.25) is 4.79 Å². The smallest absolute Gasteiger partial charge is 0.228 e. The number of carbonyl (C=O) groups is 1. The monoisotopic (exact) mass is 245 g/mol. The molecular weight excluding hydrogens is 222 g/mol. The van der Waals surface area contributed by atoms with Crippen LogP contribution < -0.4 is 0 Å². The van der Waals surface area contributed by atoms with Crippen molar-refractivity contribution in [3.05, 3.63) is 0 Å². The Morgan fingerprint density at radius 2 is 1.94 bits per heavy atom. The predicted octanol–water partition coefficient (Wildman–Crippen LogP) is 3.43. The Bertz CT molecular complexity index is 234. The molecule has 0 heterocycles. The van der Waals surface area contributed by atoms with Gasteiger partial charge < -0.3 is 4.90 Å². The number of amides is 1. The minimum atomic E-state index is -0.101. The van der Waals surface area contributed by atoms with Crippen molar-refractivity contribution in [1.29, 1.82) is 0 Å². The van der Waals surface area contributed by atoms with Crippen molar-refractivity contribution >= 4 is 17.5 Å². The van der Waals surface area contributed by atoms with Crippen LogP contribution in [0.1, 0.15) is 52.9 Å². The van der Waals surface area contributed by atoms with Gasteiger partial charge in [-0.15, -0.1) is 11.6 Å². The minimum absolute atomic E-state index is 0.101. The highest BCUT2D eigenvalue weighted by atomic mass is 35.5. The fraction of sp³-hybridized carbons (Fsp3) is 0.923. The van der Waals surface area contributed by atoms with Crippen LogP contribution in [0.2, 0.25) is 0 Å². The summed E-state index contributed by atoms with van der Waals surface area (Å²) in [4.78, 5) is 14.5. The van der Waals surface area contributed by atoms with Gasteiger partial charge in [0.1, 0.15) is 0 Å². The number of rotatable bonds is 5. The molecule has 0 aromatic heterocycles. The molecular formula is C13H24ClNO. The molecule has 1 aliphatic rings. The molecule has 1 amide bonds. The third-order valence-electron chi connectivity index (χ3n) is 3.64. The maximum atomic E-state index is 12.5. The van der Waals surface area contributed by atoms with Crippen molar-refractivity contribution in [3.8, 4) is 0 Å². The Labute approximate surface area is 104 Å². The first-order valence-electron chi connectivity index (χ1n) is 6.38. The summed E-state index contributed by atoms with van der Waals surface area (Å²) in [5.41, 5.74) is -0.101. The van der Waals surface area contributed by atoms with Gasteiger partial charge in [-0.05, 0) is 33.1 Å². The standard InChI is InChI=1S/C13H24ClNO/c1-11(2)15(10-6-9-14)12(16)13(3)7-4-5-8-13/h11H,4-10H2,1-3H3. The fourth-order valence-corrected chi connectivity index (χ4v) is 2.66. The normalized spacial score (nSPS) is 19.1. The fourth-order valence-electron chi connectivity index (χ4n) is 2.54. The van der Waals surface area contributed by atoms with Crippen molar-refractivity contribution in [2.75, 3.05) is 12.4 Å². The highest BCUT2D eigenvalue weighted by Gasteiger charge is 2.39. The molecule has 0 unspecified atom stereocenters. The first kappa shape index (κ1) is 13.8. The maximum Gasteiger partial charge on any atom is 0.228 e. The molecule has 0 aromatic rings. The molecule has 1 aliphatic carbocycles. The summed E-state index contributed by atoms with van der Waals surface area (Å²) in [6.07, 6.45) is 5.39. The largest absolute Gasteiger partial charge is 0.340 e. The molecule has 0 N–H and O–H groups in total. The molecule has 0 aliphatic heterocycles. The summed E-state index contributed by atoms with van der Waals surface area (Å²) in [6.45, 7) is 7.10. The average molecular weight is 246 g/mol. The summed E-state index contributed by atoms with van der Waals surface area (Å²) in [5.74, 6) is 0.970. The number of nitrogens with zero attached hydrogens (tertiary/aromatic N) is 1. The number of hydrogen-bond donors (Lipinski definition) is 0. The van der Waals surface area contributed by atoms with E-state index >= 15 is 0 Å². The van der Waals surface area contributed by atoms with E-state index in [1.54, 1.807) is 0 Å². The quantitative estimate of drug-likeness (QED) is 0.680. The van der Waals surface area contributed by atoms with Crippen LogP contribution in [0.25, 0.3) is 0 Å². The summed E-state index contributed by atoms with van der Waals surface area (Å²) in [7, 11) is 0. The van der Waals surface area contributed by atoms with Gasteiger partial charge in [0.2, 0.25) is 5.91 Å². The molecule has 0 radical (unpaired) electrons. The Morgan fingerprint density at radius 1 is 1.38 bits per heavy atom. The lowest BCUT2D eigenvalue weighted by Crippen LogP contribution is -2.45. The molecule has 1 saturated carbocycles. The Hall–Kier alpha value is -0.240. The first-order valence-corrected chi connectivity index (χ1v) is 6.92. The van der Waals surface area contributed by atoms with Crippen LogP contribution in [-0.4, -0.2) is 29.3 Å². The number of halogens is 1. The summed E-state index contributed by atoms with van der Waals surface area (Å²) >= 11 is 5.71. The van der Waals surface area contributed by atoms with Crippen LogP contribution in [0.4, 0.5) is 0 Å². The van der Waals surface area contributed by atoms with Crippen LogP contribution >= 0.6 is 11.6 Å². The summed E-state index contributed by atoms with van der Waals surface area (Å²) < 4.78 is 0. The molecule has 0 bridgehead atoms. The molecule has 0 saturated heterocycles. The van der Waals surface area contributed by atoms with Crippen molar-refractivity contribution in [1.82, 2.24) is 4.90 Å². The molecule has 1 fully saturated rings. The van der Waals surface area contributed by atoms with E-state index in [-0.39, 0.29) is 11.5 Å². The van der Waals surface area contributed by atoms with E-state index in [1.807, 2.05) is 4.90 Å². The van der Waals surface area contributed by atoms with Crippen molar-refractivity contribution in [2.24, 2.45) is 5.41 Å².